The fourth-order valence-electron chi connectivity index (χ4n) is 4.01. The van der Waals surface area contributed by atoms with Crippen LogP contribution in [-0.2, 0) is 28.8 Å². The Morgan fingerprint density at radius 2 is 1.76 bits per heavy atom. The third-order valence-corrected chi connectivity index (χ3v) is 7.28. The maximum absolute atomic E-state index is 11.9. The SMILES string of the molecule is O=C(CCCCC1SC[C@H]2NC(=O)N[C@@H]12)NCCOCCCCC(=O)ON1C(=O)CCC1=O. The molecule has 0 aliphatic carbocycles. The first-order valence-corrected chi connectivity index (χ1v) is 12.6. The van der Waals surface area contributed by atoms with Crippen molar-refractivity contribution in [2.75, 3.05) is 25.5 Å². The maximum Gasteiger partial charge on any atom is 0.333 e. The Kier molecular flexibility index (Phi) is 9.79. The molecular weight excluding hydrogens is 452 g/mol. The van der Waals surface area contributed by atoms with Gasteiger partial charge in [0.05, 0.1) is 18.7 Å². The second kappa shape index (κ2) is 12.8. The van der Waals surface area contributed by atoms with E-state index in [4.69, 9.17) is 9.57 Å². The quantitative estimate of drug-likeness (QED) is 0.185. The zero-order valence-electron chi connectivity index (χ0n) is 18.6. The number of carbonyl (C=O) groups is 5. The van der Waals surface area contributed by atoms with Crippen LogP contribution < -0.4 is 16.0 Å². The van der Waals surface area contributed by atoms with Gasteiger partial charge in [-0.2, -0.15) is 11.8 Å². The summed E-state index contributed by atoms with van der Waals surface area (Å²) < 4.78 is 5.45. The van der Waals surface area contributed by atoms with E-state index in [9.17, 15) is 24.0 Å². The van der Waals surface area contributed by atoms with E-state index in [1.165, 1.54) is 0 Å². The molecule has 5 amide bonds. The molecule has 3 atom stereocenters. The summed E-state index contributed by atoms with van der Waals surface area (Å²) in [5.41, 5.74) is 0. The highest BCUT2D eigenvalue weighted by atomic mass is 32.2. The van der Waals surface area contributed by atoms with E-state index in [1.807, 2.05) is 11.8 Å². The van der Waals surface area contributed by atoms with Crippen LogP contribution in [0.15, 0.2) is 0 Å². The normalized spacial score (nSPS) is 23.9. The number of hydroxylamine groups is 2. The van der Waals surface area contributed by atoms with Gasteiger partial charge in [0.25, 0.3) is 11.8 Å². The summed E-state index contributed by atoms with van der Waals surface area (Å²) in [7, 11) is 0. The minimum Gasteiger partial charge on any atom is -0.380 e. The Bertz CT molecular complexity index is 734. The first-order valence-electron chi connectivity index (χ1n) is 11.5. The molecule has 3 aliphatic rings. The highest BCUT2D eigenvalue weighted by Gasteiger charge is 2.42. The van der Waals surface area contributed by atoms with Gasteiger partial charge in [-0.15, -0.1) is 5.06 Å². The lowest BCUT2D eigenvalue weighted by atomic mass is 10.0. The van der Waals surface area contributed by atoms with Crippen LogP contribution in [0.2, 0.25) is 0 Å². The standard InChI is InChI=1S/C21H32N4O7S/c26-16(6-2-1-5-15-20-14(13-33-15)23-21(30)24-20)22-10-12-31-11-4-3-7-19(29)32-25-17(27)8-9-18(25)28/h14-15,20H,1-13H2,(H,22,26)(H2,23,24,30)/t14-,15?,20-/m1/s1. The molecule has 3 saturated heterocycles. The number of urea groups is 1. The summed E-state index contributed by atoms with van der Waals surface area (Å²) in [4.78, 5) is 62.5. The van der Waals surface area contributed by atoms with Crippen molar-refractivity contribution in [1.29, 1.82) is 0 Å². The van der Waals surface area contributed by atoms with Crippen molar-refractivity contribution in [3.63, 3.8) is 0 Å². The van der Waals surface area contributed by atoms with Crippen LogP contribution >= 0.6 is 11.8 Å². The summed E-state index contributed by atoms with van der Waals surface area (Å²) in [6.07, 6.45) is 4.62. The largest absolute Gasteiger partial charge is 0.380 e. The van der Waals surface area contributed by atoms with E-state index < -0.39 is 17.8 Å². The zero-order valence-corrected chi connectivity index (χ0v) is 19.5. The molecule has 0 aromatic carbocycles. The van der Waals surface area contributed by atoms with E-state index in [-0.39, 0.29) is 43.3 Å². The van der Waals surface area contributed by atoms with Crippen LogP contribution in [-0.4, -0.2) is 77.6 Å². The number of nitrogens with one attached hydrogen (secondary N) is 3. The zero-order chi connectivity index (χ0) is 23.6. The molecule has 184 valence electrons. The van der Waals surface area contributed by atoms with Crippen molar-refractivity contribution in [3.8, 4) is 0 Å². The third-order valence-electron chi connectivity index (χ3n) is 5.77. The number of ether oxygens (including phenoxy) is 1. The van der Waals surface area contributed by atoms with Crippen LogP contribution in [0.4, 0.5) is 4.79 Å². The number of imide groups is 1. The van der Waals surface area contributed by atoms with Crippen LogP contribution in [0.5, 0.6) is 0 Å². The first kappa shape index (κ1) is 25.3. The predicted octanol–water partition coefficient (Wildman–Crippen LogP) is 0.623. The molecular formula is C21H32N4O7S. The predicted molar refractivity (Wildman–Crippen MR) is 119 cm³/mol. The summed E-state index contributed by atoms with van der Waals surface area (Å²) in [5, 5.41) is 9.71. The molecule has 0 spiro atoms. The van der Waals surface area contributed by atoms with E-state index in [1.54, 1.807) is 0 Å². The molecule has 11 nitrogen and oxygen atoms in total. The average Bonchev–Trinajstić information content (AvgIpc) is 3.43. The number of rotatable bonds is 14. The Labute approximate surface area is 197 Å². The van der Waals surface area contributed by atoms with Gasteiger partial charge in [0.1, 0.15) is 0 Å². The van der Waals surface area contributed by atoms with Gasteiger partial charge in [-0.05, 0) is 25.7 Å². The van der Waals surface area contributed by atoms with Gasteiger partial charge in [-0.1, -0.05) is 6.42 Å². The highest BCUT2D eigenvalue weighted by molar-refractivity contribution is 8.00. The number of carbonyl (C=O) groups excluding carboxylic acids is 5. The fraction of sp³-hybridized carbons (Fsp3) is 0.762. The monoisotopic (exact) mass is 484 g/mol. The lowest BCUT2D eigenvalue weighted by Gasteiger charge is -2.16. The van der Waals surface area contributed by atoms with E-state index in [2.05, 4.69) is 16.0 Å². The molecule has 0 radical (unpaired) electrons. The van der Waals surface area contributed by atoms with Crippen LogP contribution in [0.25, 0.3) is 0 Å². The molecule has 3 heterocycles. The number of nitrogens with zero attached hydrogens (tertiary/aromatic N) is 1. The molecule has 12 heteroatoms. The van der Waals surface area contributed by atoms with Crippen molar-refractivity contribution in [2.45, 2.75) is 75.1 Å². The van der Waals surface area contributed by atoms with Crippen molar-refractivity contribution in [1.82, 2.24) is 21.0 Å². The number of fused-ring (bicyclic) bond motifs is 1. The van der Waals surface area contributed by atoms with Gasteiger partial charge in [-0.25, -0.2) is 9.59 Å². The van der Waals surface area contributed by atoms with E-state index >= 15 is 0 Å². The molecule has 1 unspecified atom stereocenters. The number of amides is 5. The molecule has 3 N–H and O–H groups in total. The van der Waals surface area contributed by atoms with Crippen molar-refractivity contribution >= 4 is 41.5 Å². The minimum absolute atomic E-state index is 0.000129. The number of hydrogen-bond acceptors (Lipinski definition) is 8. The molecule has 0 saturated carbocycles. The van der Waals surface area contributed by atoms with Gasteiger partial charge >= 0.3 is 12.0 Å². The van der Waals surface area contributed by atoms with E-state index in [0.717, 1.165) is 25.0 Å². The molecule has 3 aliphatic heterocycles. The second-order valence-electron chi connectivity index (χ2n) is 8.33. The lowest BCUT2D eigenvalue weighted by Crippen LogP contribution is -2.36. The summed E-state index contributed by atoms with van der Waals surface area (Å²) >= 11 is 1.88. The Morgan fingerprint density at radius 3 is 2.55 bits per heavy atom. The summed E-state index contributed by atoms with van der Waals surface area (Å²) in [6, 6.07) is 0.362. The fourth-order valence-corrected chi connectivity index (χ4v) is 5.55. The van der Waals surface area contributed by atoms with Gasteiger partial charge in [0, 0.05) is 49.8 Å². The number of unbranched alkanes of at least 4 members (excludes halogenated alkanes) is 2. The van der Waals surface area contributed by atoms with Crippen molar-refractivity contribution < 1.29 is 33.5 Å². The van der Waals surface area contributed by atoms with Crippen molar-refractivity contribution in [2.24, 2.45) is 0 Å². The lowest BCUT2D eigenvalue weighted by molar-refractivity contribution is -0.197. The maximum atomic E-state index is 11.9. The number of thioether (sulfide) groups is 1. The molecule has 0 bridgehead atoms. The average molecular weight is 485 g/mol. The molecule has 0 aromatic rings. The Balaban J connectivity index is 1.10. The second-order valence-corrected chi connectivity index (χ2v) is 9.60. The third kappa shape index (κ3) is 7.88. The smallest absolute Gasteiger partial charge is 0.333 e. The summed E-state index contributed by atoms with van der Waals surface area (Å²) in [6.45, 7) is 1.26. The van der Waals surface area contributed by atoms with Crippen molar-refractivity contribution in [3.05, 3.63) is 0 Å². The molecule has 0 aromatic heterocycles. The van der Waals surface area contributed by atoms with Crippen LogP contribution in [0, 0.1) is 0 Å². The number of hydrogen-bond donors (Lipinski definition) is 3. The molecule has 3 fully saturated rings. The first-order chi connectivity index (χ1) is 15.9. The van der Waals surface area contributed by atoms with Gasteiger partial charge in [0.15, 0.2) is 0 Å². The van der Waals surface area contributed by atoms with Gasteiger partial charge in [-0.3, -0.25) is 14.4 Å². The summed E-state index contributed by atoms with van der Waals surface area (Å²) in [5.74, 6) is -0.635. The Morgan fingerprint density at radius 1 is 1.00 bits per heavy atom. The van der Waals surface area contributed by atoms with Crippen LogP contribution in [0.1, 0.15) is 57.8 Å². The van der Waals surface area contributed by atoms with E-state index in [0.29, 0.717) is 49.3 Å². The van der Waals surface area contributed by atoms with Gasteiger partial charge < -0.3 is 25.5 Å². The van der Waals surface area contributed by atoms with Crippen LogP contribution in [0.3, 0.4) is 0 Å². The molecule has 3 rings (SSSR count). The highest BCUT2D eigenvalue weighted by Crippen LogP contribution is 2.33. The Hall–Kier alpha value is -2.34. The minimum atomic E-state index is -0.609. The molecule has 33 heavy (non-hydrogen) atoms. The van der Waals surface area contributed by atoms with Gasteiger partial charge in [0.2, 0.25) is 5.91 Å². The topological polar surface area (TPSA) is 143 Å².